The summed E-state index contributed by atoms with van der Waals surface area (Å²) in [4.78, 5) is 23.1. The molecule has 1 fully saturated rings. The normalized spacial score (nSPS) is 14.0. The first-order valence-corrected chi connectivity index (χ1v) is 8.32. The van der Waals surface area contributed by atoms with Gasteiger partial charge in [-0.3, -0.25) is 4.79 Å². The van der Waals surface area contributed by atoms with Crippen molar-refractivity contribution >= 4 is 17.4 Å². The summed E-state index contributed by atoms with van der Waals surface area (Å²) < 4.78 is 15.9. The summed E-state index contributed by atoms with van der Waals surface area (Å²) in [5, 5.41) is 3.19. The lowest BCUT2D eigenvalue weighted by atomic mass is 10.2. The van der Waals surface area contributed by atoms with Crippen molar-refractivity contribution in [2.45, 2.75) is 6.92 Å². The van der Waals surface area contributed by atoms with Gasteiger partial charge in [0, 0.05) is 25.2 Å². The van der Waals surface area contributed by atoms with E-state index < -0.39 is 0 Å². The third-order valence-corrected chi connectivity index (χ3v) is 4.03. The molecular weight excluding hydrogens is 336 g/mol. The van der Waals surface area contributed by atoms with Gasteiger partial charge in [-0.2, -0.15) is 0 Å². The molecule has 1 aromatic heterocycles. The number of nitrogens with one attached hydrogen (secondary N) is 1. The number of nitrogens with zero attached hydrogens (tertiary/aromatic N) is 3. The number of anilines is 2. The molecule has 0 atom stereocenters. The highest BCUT2D eigenvalue weighted by molar-refractivity contribution is 5.93. The molecule has 8 heteroatoms. The molecule has 0 unspecified atom stereocenters. The van der Waals surface area contributed by atoms with Crippen LogP contribution in [0.3, 0.4) is 0 Å². The second kappa shape index (κ2) is 8.01. The minimum absolute atomic E-state index is 0.122. The summed E-state index contributed by atoms with van der Waals surface area (Å²) in [7, 11) is 3.18. The van der Waals surface area contributed by atoms with Crippen molar-refractivity contribution in [3.05, 3.63) is 35.8 Å². The van der Waals surface area contributed by atoms with E-state index in [-0.39, 0.29) is 5.91 Å². The van der Waals surface area contributed by atoms with Gasteiger partial charge in [0.1, 0.15) is 28.8 Å². The molecule has 0 radical (unpaired) electrons. The number of methoxy groups -OCH3 is 2. The van der Waals surface area contributed by atoms with Gasteiger partial charge in [-0.15, -0.1) is 0 Å². The highest BCUT2D eigenvalue weighted by Gasteiger charge is 2.21. The van der Waals surface area contributed by atoms with Gasteiger partial charge < -0.3 is 24.4 Å². The summed E-state index contributed by atoms with van der Waals surface area (Å²) in [6, 6.07) is 7.07. The van der Waals surface area contributed by atoms with Crippen molar-refractivity contribution in [3.63, 3.8) is 0 Å². The second-order valence-corrected chi connectivity index (χ2v) is 5.78. The fourth-order valence-corrected chi connectivity index (χ4v) is 2.71. The third kappa shape index (κ3) is 4.02. The maximum Gasteiger partial charge on any atom is 0.272 e. The Bertz CT molecular complexity index is 791. The van der Waals surface area contributed by atoms with E-state index in [0.717, 1.165) is 5.69 Å². The van der Waals surface area contributed by atoms with Crippen molar-refractivity contribution in [2.24, 2.45) is 0 Å². The lowest BCUT2D eigenvalue weighted by Crippen LogP contribution is -2.41. The number of carbonyl (C=O) groups excluding carboxylic acids is 1. The molecule has 0 spiro atoms. The van der Waals surface area contributed by atoms with E-state index >= 15 is 0 Å². The van der Waals surface area contributed by atoms with Crippen LogP contribution in [0, 0.1) is 6.92 Å². The van der Waals surface area contributed by atoms with Gasteiger partial charge in [-0.05, 0) is 19.1 Å². The van der Waals surface area contributed by atoms with Crippen LogP contribution in [-0.2, 0) is 4.74 Å². The number of carbonyl (C=O) groups is 1. The smallest absolute Gasteiger partial charge is 0.272 e. The first kappa shape index (κ1) is 17.9. The number of aromatic nitrogens is 2. The summed E-state index contributed by atoms with van der Waals surface area (Å²) in [5.41, 5.74) is 1.07. The Morgan fingerprint density at radius 2 is 1.92 bits per heavy atom. The molecule has 0 aliphatic carbocycles. The average Bonchev–Trinajstić information content (AvgIpc) is 2.68. The Balaban J connectivity index is 1.85. The largest absolute Gasteiger partial charge is 0.497 e. The van der Waals surface area contributed by atoms with Crippen molar-refractivity contribution in [1.82, 2.24) is 14.9 Å². The van der Waals surface area contributed by atoms with Crippen molar-refractivity contribution in [3.8, 4) is 11.5 Å². The zero-order valence-corrected chi connectivity index (χ0v) is 15.1. The summed E-state index contributed by atoms with van der Waals surface area (Å²) >= 11 is 0. The maximum atomic E-state index is 12.7. The summed E-state index contributed by atoms with van der Waals surface area (Å²) in [5.74, 6) is 2.22. The number of benzene rings is 1. The van der Waals surface area contributed by atoms with Crippen LogP contribution in [0.2, 0.25) is 0 Å². The number of aryl methyl sites for hydroxylation is 1. The van der Waals surface area contributed by atoms with Crippen LogP contribution < -0.4 is 14.8 Å². The number of morpholine rings is 1. The van der Waals surface area contributed by atoms with Crippen LogP contribution in [0.15, 0.2) is 24.3 Å². The highest BCUT2D eigenvalue weighted by Crippen LogP contribution is 2.31. The first-order valence-electron chi connectivity index (χ1n) is 8.32. The molecule has 26 heavy (non-hydrogen) atoms. The van der Waals surface area contributed by atoms with Gasteiger partial charge >= 0.3 is 0 Å². The molecule has 0 bridgehead atoms. The molecule has 138 valence electrons. The van der Waals surface area contributed by atoms with Crippen molar-refractivity contribution in [1.29, 1.82) is 0 Å². The number of hydrogen-bond acceptors (Lipinski definition) is 7. The molecule has 1 aromatic carbocycles. The monoisotopic (exact) mass is 358 g/mol. The standard InChI is InChI=1S/C18H22N4O4/c1-12-19-15(18(23)22-6-8-26-9-7-22)11-17(20-12)21-14-5-4-13(24-2)10-16(14)25-3/h4-5,10-11H,6-9H2,1-3H3,(H,19,20,21). The van der Waals surface area contributed by atoms with Crippen LogP contribution in [0.25, 0.3) is 0 Å². The molecule has 1 saturated heterocycles. The predicted molar refractivity (Wildman–Crippen MR) is 96.3 cm³/mol. The van der Waals surface area contributed by atoms with Crippen molar-refractivity contribution < 1.29 is 19.0 Å². The minimum Gasteiger partial charge on any atom is -0.497 e. The number of hydrogen-bond donors (Lipinski definition) is 1. The van der Waals surface area contributed by atoms with E-state index in [0.29, 0.717) is 55.1 Å². The van der Waals surface area contributed by atoms with Crippen molar-refractivity contribution in [2.75, 3.05) is 45.8 Å². The van der Waals surface area contributed by atoms with Crippen LogP contribution in [0.5, 0.6) is 11.5 Å². The molecule has 2 heterocycles. The van der Waals surface area contributed by atoms with Crippen LogP contribution in [-0.4, -0.2) is 61.3 Å². The van der Waals surface area contributed by atoms with Crippen LogP contribution >= 0.6 is 0 Å². The first-order chi connectivity index (χ1) is 12.6. The third-order valence-electron chi connectivity index (χ3n) is 4.03. The van der Waals surface area contributed by atoms with Gasteiger partial charge in [-0.1, -0.05) is 0 Å². The van der Waals surface area contributed by atoms with Gasteiger partial charge in [-0.25, -0.2) is 9.97 Å². The van der Waals surface area contributed by atoms with Gasteiger partial charge in [0.25, 0.3) is 5.91 Å². The Morgan fingerprint density at radius 3 is 2.62 bits per heavy atom. The SMILES string of the molecule is COc1ccc(Nc2cc(C(=O)N3CCOCC3)nc(C)n2)c(OC)c1. The Kier molecular flexibility index (Phi) is 5.52. The minimum atomic E-state index is -0.122. The molecular formula is C18H22N4O4. The molecule has 3 rings (SSSR count). The molecule has 8 nitrogen and oxygen atoms in total. The molecule has 1 amide bonds. The fourth-order valence-electron chi connectivity index (χ4n) is 2.71. The maximum absolute atomic E-state index is 12.7. The molecule has 1 aliphatic rings. The topological polar surface area (TPSA) is 85.8 Å². The van der Waals surface area contributed by atoms with E-state index in [9.17, 15) is 4.79 Å². The van der Waals surface area contributed by atoms with Gasteiger partial charge in [0.05, 0.1) is 33.1 Å². The number of rotatable bonds is 5. The van der Waals surface area contributed by atoms with Gasteiger partial charge in [0.2, 0.25) is 0 Å². The molecule has 0 saturated carbocycles. The number of ether oxygens (including phenoxy) is 3. The lowest BCUT2D eigenvalue weighted by molar-refractivity contribution is 0.0299. The predicted octanol–water partition coefficient (Wildman–Crippen LogP) is 2.02. The number of amides is 1. The fraction of sp³-hybridized carbons (Fsp3) is 0.389. The highest BCUT2D eigenvalue weighted by atomic mass is 16.5. The Morgan fingerprint density at radius 1 is 1.15 bits per heavy atom. The van der Waals surface area contributed by atoms with E-state index in [4.69, 9.17) is 14.2 Å². The molecule has 2 aromatic rings. The average molecular weight is 358 g/mol. The molecule has 1 aliphatic heterocycles. The van der Waals surface area contributed by atoms with E-state index in [1.165, 1.54) is 0 Å². The summed E-state index contributed by atoms with van der Waals surface area (Å²) in [6.07, 6.45) is 0. The summed E-state index contributed by atoms with van der Waals surface area (Å²) in [6.45, 7) is 3.98. The van der Waals surface area contributed by atoms with E-state index in [1.54, 1.807) is 38.2 Å². The second-order valence-electron chi connectivity index (χ2n) is 5.78. The quantitative estimate of drug-likeness (QED) is 0.875. The lowest BCUT2D eigenvalue weighted by Gasteiger charge is -2.26. The van der Waals surface area contributed by atoms with Crippen LogP contribution in [0.1, 0.15) is 16.3 Å². The van der Waals surface area contributed by atoms with Gasteiger partial charge in [0.15, 0.2) is 0 Å². The van der Waals surface area contributed by atoms with E-state index in [1.807, 2.05) is 12.1 Å². The zero-order valence-electron chi connectivity index (χ0n) is 15.1. The Labute approximate surface area is 152 Å². The molecule has 1 N–H and O–H groups in total. The van der Waals surface area contributed by atoms with Crippen LogP contribution in [0.4, 0.5) is 11.5 Å². The Hall–Kier alpha value is -2.87. The zero-order chi connectivity index (χ0) is 18.5. The van der Waals surface area contributed by atoms with E-state index in [2.05, 4.69) is 15.3 Å².